The second-order valence-corrected chi connectivity index (χ2v) is 7.59. The molecule has 12 heteroatoms. The molecule has 0 aromatic carbocycles. The minimum absolute atomic E-state index is 0.148. The molecule has 7 nitrogen and oxygen atoms in total. The molecule has 0 amide bonds. The second kappa shape index (κ2) is 7.72. The summed E-state index contributed by atoms with van der Waals surface area (Å²) in [6.07, 6.45) is -3.73. The molecule has 0 aliphatic carbocycles. The monoisotopic (exact) mass is 401 g/mol. The molecule has 1 saturated heterocycles. The van der Waals surface area contributed by atoms with Crippen LogP contribution in [0, 0.1) is 0 Å². The minimum Gasteiger partial charge on any atom is -0.345 e. The first kappa shape index (κ1) is 19.7. The molecular formula is C12H17F2N2O5P2S+. The number of hydrogen-bond donors (Lipinski definition) is 1. The lowest BCUT2D eigenvalue weighted by Gasteiger charge is -2.21. The van der Waals surface area contributed by atoms with Crippen molar-refractivity contribution in [2.45, 2.75) is 44.3 Å². The van der Waals surface area contributed by atoms with Crippen molar-refractivity contribution in [1.82, 2.24) is 9.55 Å². The van der Waals surface area contributed by atoms with E-state index in [-0.39, 0.29) is 12.3 Å². The van der Waals surface area contributed by atoms with E-state index in [4.69, 9.17) is 25.6 Å². The van der Waals surface area contributed by atoms with Gasteiger partial charge in [0.05, 0.1) is 0 Å². The van der Waals surface area contributed by atoms with Crippen molar-refractivity contribution in [1.29, 1.82) is 0 Å². The maximum atomic E-state index is 14.8. The highest BCUT2D eigenvalue weighted by atomic mass is 32.4. The second-order valence-electron chi connectivity index (χ2n) is 5.36. The van der Waals surface area contributed by atoms with Gasteiger partial charge in [-0.15, -0.1) is 18.3 Å². The maximum Gasteiger partial charge on any atom is 0.522 e. The fraction of sp³-hybridized carbons (Fsp3) is 0.667. The molecule has 1 fully saturated rings. The Morgan fingerprint density at radius 3 is 2.75 bits per heavy atom. The van der Waals surface area contributed by atoms with Crippen molar-refractivity contribution in [3.63, 3.8) is 0 Å². The van der Waals surface area contributed by atoms with Crippen molar-refractivity contribution in [2.75, 3.05) is 6.16 Å². The first-order valence-corrected chi connectivity index (χ1v) is 10.0. The van der Waals surface area contributed by atoms with Crippen LogP contribution < -0.4 is 11.2 Å². The van der Waals surface area contributed by atoms with E-state index in [1.807, 2.05) is 4.98 Å². The Morgan fingerprint density at radius 1 is 1.54 bits per heavy atom. The highest BCUT2D eigenvalue weighted by Gasteiger charge is 2.63. The molecule has 0 saturated carbocycles. The third kappa shape index (κ3) is 4.12. The Kier molecular flexibility index (Phi) is 6.34. The van der Waals surface area contributed by atoms with Crippen LogP contribution in [0.3, 0.4) is 0 Å². The van der Waals surface area contributed by atoms with Crippen molar-refractivity contribution in [3.05, 3.63) is 33.1 Å². The Hall–Kier alpha value is -0.630. The fourth-order valence-corrected chi connectivity index (χ4v) is 4.19. The SMILES string of the molecule is CC(C)O[P+](=S)O[C@@H]1[C@@H](CP)O[C@@H](n2ccc(=O)[nH]c2=O)C1(F)F. The quantitative estimate of drug-likeness (QED) is 0.729. The molecule has 5 atom stereocenters. The molecule has 134 valence electrons. The highest BCUT2D eigenvalue weighted by molar-refractivity contribution is 8.00. The number of alkyl halides is 2. The molecule has 1 aliphatic rings. The lowest BCUT2D eigenvalue weighted by Crippen LogP contribution is -2.43. The van der Waals surface area contributed by atoms with Gasteiger partial charge in [0.1, 0.15) is 12.2 Å². The smallest absolute Gasteiger partial charge is 0.345 e. The van der Waals surface area contributed by atoms with Gasteiger partial charge in [0.15, 0.2) is 0 Å². The van der Waals surface area contributed by atoms with Gasteiger partial charge in [-0.3, -0.25) is 14.3 Å². The third-order valence-electron chi connectivity index (χ3n) is 3.18. The molecule has 24 heavy (non-hydrogen) atoms. The number of nitrogens with one attached hydrogen (secondary N) is 1. The number of nitrogens with zero attached hydrogens (tertiary/aromatic N) is 1. The van der Waals surface area contributed by atoms with E-state index in [1.54, 1.807) is 13.8 Å². The van der Waals surface area contributed by atoms with Gasteiger partial charge in [0.2, 0.25) is 24.1 Å². The van der Waals surface area contributed by atoms with Gasteiger partial charge >= 0.3 is 18.8 Å². The van der Waals surface area contributed by atoms with Crippen LogP contribution in [-0.4, -0.2) is 39.9 Å². The largest absolute Gasteiger partial charge is 0.522 e. The fourth-order valence-electron chi connectivity index (χ4n) is 2.19. The van der Waals surface area contributed by atoms with Gasteiger partial charge < -0.3 is 4.74 Å². The van der Waals surface area contributed by atoms with Gasteiger partial charge in [-0.2, -0.15) is 8.78 Å². The summed E-state index contributed by atoms with van der Waals surface area (Å²) in [6.45, 7) is 3.42. The van der Waals surface area contributed by atoms with Gasteiger partial charge in [-0.1, -0.05) is 0 Å². The zero-order chi connectivity index (χ0) is 18.1. The predicted molar refractivity (Wildman–Crippen MR) is 90.1 cm³/mol. The number of H-pyrrole nitrogens is 1. The Bertz CT molecular complexity index is 726. The number of aromatic nitrogens is 2. The molecule has 1 aromatic heterocycles. The Morgan fingerprint density at radius 2 is 2.21 bits per heavy atom. The Labute approximate surface area is 144 Å². The zero-order valence-corrected chi connectivity index (χ0v) is 15.7. The first-order valence-electron chi connectivity index (χ1n) is 7.02. The average Bonchev–Trinajstić information content (AvgIpc) is 2.70. The van der Waals surface area contributed by atoms with Crippen molar-refractivity contribution < 1.29 is 22.6 Å². The molecular weight excluding hydrogens is 384 g/mol. The van der Waals surface area contributed by atoms with E-state index in [9.17, 15) is 18.4 Å². The third-order valence-corrected chi connectivity index (χ3v) is 5.16. The van der Waals surface area contributed by atoms with Crippen LogP contribution >= 0.6 is 16.4 Å². The number of rotatable bonds is 6. The van der Waals surface area contributed by atoms with Crippen LogP contribution in [0.25, 0.3) is 0 Å². The van der Waals surface area contributed by atoms with E-state index < -0.39 is 42.8 Å². The summed E-state index contributed by atoms with van der Waals surface area (Å²) < 4.78 is 45.9. The standard InChI is InChI=1S/C12H16F2N2O5P2S/c1-6(2)20-23(24)21-9-7(5-22)19-10(12(9,13)14)16-4-3-8(17)15-11(16)18/h3-4,6-7,9-10H,5,22H2,1-2H3/p+1/t7-,9-,10-/m1/s1. The van der Waals surface area contributed by atoms with Crippen LogP contribution in [0.1, 0.15) is 20.1 Å². The average molecular weight is 401 g/mol. The molecule has 0 radical (unpaired) electrons. The molecule has 2 rings (SSSR count). The van der Waals surface area contributed by atoms with Crippen LogP contribution in [0.5, 0.6) is 0 Å². The van der Waals surface area contributed by atoms with Crippen LogP contribution in [0.4, 0.5) is 8.78 Å². The number of halogens is 2. The highest BCUT2D eigenvalue weighted by Crippen LogP contribution is 2.47. The molecule has 1 aromatic rings. The van der Waals surface area contributed by atoms with Crippen molar-refractivity contribution in [2.24, 2.45) is 0 Å². The summed E-state index contributed by atoms with van der Waals surface area (Å²) in [5.74, 6) is -3.54. The van der Waals surface area contributed by atoms with E-state index in [0.29, 0.717) is 4.57 Å². The molecule has 1 aliphatic heterocycles. The molecule has 0 spiro atoms. The van der Waals surface area contributed by atoms with Gasteiger partial charge in [-0.05, 0) is 20.0 Å². The zero-order valence-electron chi connectivity index (χ0n) is 12.8. The summed E-state index contributed by atoms with van der Waals surface area (Å²) in [7, 11) is 0.339. The molecule has 2 heterocycles. The molecule has 0 bridgehead atoms. The lowest BCUT2D eigenvalue weighted by molar-refractivity contribution is -0.135. The van der Waals surface area contributed by atoms with E-state index >= 15 is 0 Å². The summed E-state index contributed by atoms with van der Waals surface area (Å²) in [6, 6.07) is 0.965. The normalized spacial score (nSPS) is 26.8. The van der Waals surface area contributed by atoms with E-state index in [0.717, 1.165) is 12.3 Å². The predicted octanol–water partition coefficient (Wildman–Crippen LogP) is 1.53. The summed E-state index contributed by atoms with van der Waals surface area (Å²) in [5, 5.41) is 0. The van der Waals surface area contributed by atoms with Crippen molar-refractivity contribution >= 4 is 28.2 Å². The van der Waals surface area contributed by atoms with E-state index in [2.05, 4.69) is 9.24 Å². The number of ether oxygens (including phenoxy) is 1. The van der Waals surface area contributed by atoms with Gasteiger partial charge in [0, 0.05) is 12.3 Å². The van der Waals surface area contributed by atoms with E-state index in [1.165, 1.54) is 0 Å². The van der Waals surface area contributed by atoms with Crippen LogP contribution in [-0.2, 0) is 25.6 Å². The summed E-state index contributed by atoms with van der Waals surface area (Å²) in [5.41, 5.74) is -1.68. The minimum atomic E-state index is -3.54. The van der Waals surface area contributed by atoms with Crippen LogP contribution in [0.15, 0.2) is 21.9 Å². The number of aromatic amines is 1. The summed E-state index contributed by atoms with van der Waals surface area (Å²) in [4.78, 5) is 24.8. The number of hydrogen-bond acceptors (Lipinski definition) is 6. The maximum absolute atomic E-state index is 14.8. The first-order chi connectivity index (χ1) is 11.2. The lowest BCUT2D eigenvalue weighted by atomic mass is 10.1. The Balaban J connectivity index is 2.31. The molecule has 1 N–H and O–H groups in total. The molecule has 2 unspecified atom stereocenters. The van der Waals surface area contributed by atoms with Gasteiger partial charge in [0.25, 0.3) is 5.56 Å². The van der Waals surface area contributed by atoms with Crippen molar-refractivity contribution in [3.8, 4) is 0 Å². The van der Waals surface area contributed by atoms with Gasteiger partial charge in [-0.25, -0.2) is 4.79 Å². The van der Waals surface area contributed by atoms with Crippen LogP contribution in [0.2, 0.25) is 0 Å². The summed E-state index contributed by atoms with van der Waals surface area (Å²) >= 11 is 4.96. The topological polar surface area (TPSA) is 82.6 Å².